The molecule has 0 aliphatic heterocycles. The fraction of sp³-hybridized carbons (Fsp3) is 0.364. The largest absolute Gasteiger partial charge is 0.497 e. The van der Waals surface area contributed by atoms with Crippen LogP contribution in [0.5, 0.6) is 5.75 Å². The van der Waals surface area contributed by atoms with Crippen LogP contribution < -0.4 is 10.1 Å². The first kappa shape index (κ1) is 21.8. The van der Waals surface area contributed by atoms with Crippen LogP contribution in [0, 0.1) is 6.92 Å². The van der Waals surface area contributed by atoms with Crippen LogP contribution in [-0.4, -0.2) is 42.2 Å². The molecule has 0 bridgehead atoms. The maximum absolute atomic E-state index is 13.0. The Morgan fingerprint density at radius 2 is 1.75 bits per heavy atom. The maximum Gasteiger partial charge on any atom is 0.242 e. The lowest BCUT2D eigenvalue weighted by atomic mass is 10.1. The molecule has 0 unspecified atom stereocenters. The van der Waals surface area contributed by atoms with Gasteiger partial charge >= 0.3 is 0 Å². The molecule has 0 heterocycles. The monoisotopic (exact) mass is 400 g/mol. The molecule has 6 heteroatoms. The molecule has 0 aliphatic carbocycles. The normalized spacial score (nSPS) is 11.6. The van der Waals surface area contributed by atoms with Crippen molar-refractivity contribution in [2.24, 2.45) is 0 Å². The standard InChI is InChI=1S/C22H28N2O3S/c1-5-23-22(26)17(3)24(14-18-8-10-19(27-4)11-9-18)21(25)15-28-20-12-6-16(2)7-13-20/h6-13,17H,5,14-15H2,1-4H3,(H,23,26)/t17-/m1/s1. The molecule has 2 amide bonds. The Hall–Kier alpha value is -2.47. The average Bonchev–Trinajstić information content (AvgIpc) is 2.71. The average molecular weight is 401 g/mol. The van der Waals surface area contributed by atoms with Crippen LogP contribution in [0.25, 0.3) is 0 Å². The highest BCUT2D eigenvalue weighted by Crippen LogP contribution is 2.21. The lowest BCUT2D eigenvalue weighted by Gasteiger charge is -2.28. The number of aryl methyl sites for hydroxylation is 1. The molecule has 0 aromatic heterocycles. The topological polar surface area (TPSA) is 58.6 Å². The minimum Gasteiger partial charge on any atom is -0.497 e. The zero-order chi connectivity index (χ0) is 20.5. The van der Waals surface area contributed by atoms with Crippen LogP contribution in [0.1, 0.15) is 25.0 Å². The molecule has 0 fully saturated rings. The van der Waals surface area contributed by atoms with Crippen molar-refractivity contribution in [3.05, 3.63) is 59.7 Å². The molecule has 0 saturated heterocycles. The summed E-state index contributed by atoms with van der Waals surface area (Å²) in [6, 6.07) is 15.1. The minimum atomic E-state index is -0.548. The van der Waals surface area contributed by atoms with E-state index in [0.29, 0.717) is 13.1 Å². The molecule has 0 saturated carbocycles. The molecule has 28 heavy (non-hydrogen) atoms. The molecule has 5 nitrogen and oxygen atoms in total. The zero-order valence-electron chi connectivity index (χ0n) is 16.9. The molecule has 1 N–H and O–H groups in total. The predicted octanol–water partition coefficient (Wildman–Crippen LogP) is 3.65. The first-order valence-corrected chi connectivity index (χ1v) is 10.3. The summed E-state index contributed by atoms with van der Waals surface area (Å²) in [5.74, 6) is 0.821. The van der Waals surface area contributed by atoms with E-state index in [1.807, 2.05) is 62.4 Å². The van der Waals surface area contributed by atoms with Crippen molar-refractivity contribution < 1.29 is 14.3 Å². The molecule has 0 radical (unpaired) electrons. The van der Waals surface area contributed by atoms with Crippen LogP contribution in [0.4, 0.5) is 0 Å². The number of likely N-dealkylation sites (N-methyl/N-ethyl adjacent to an activating group) is 1. The van der Waals surface area contributed by atoms with E-state index in [9.17, 15) is 9.59 Å². The molecular formula is C22H28N2O3S. The Labute approximate surface area is 171 Å². The van der Waals surface area contributed by atoms with Gasteiger partial charge in [-0.2, -0.15) is 0 Å². The number of thioether (sulfide) groups is 1. The van der Waals surface area contributed by atoms with Gasteiger partial charge in [-0.1, -0.05) is 29.8 Å². The number of hydrogen-bond donors (Lipinski definition) is 1. The summed E-state index contributed by atoms with van der Waals surface area (Å²) >= 11 is 1.48. The first-order chi connectivity index (χ1) is 13.4. The van der Waals surface area contributed by atoms with Crippen molar-refractivity contribution in [3.63, 3.8) is 0 Å². The van der Waals surface area contributed by atoms with Crippen molar-refractivity contribution in [1.82, 2.24) is 10.2 Å². The van der Waals surface area contributed by atoms with Gasteiger partial charge in [0.05, 0.1) is 12.9 Å². The van der Waals surface area contributed by atoms with E-state index < -0.39 is 6.04 Å². The Kier molecular flexibility index (Phi) is 8.39. The Bertz CT molecular complexity index is 775. The van der Waals surface area contributed by atoms with Gasteiger partial charge in [-0.25, -0.2) is 0 Å². The quantitative estimate of drug-likeness (QED) is 0.653. The molecule has 2 aromatic rings. The second-order valence-corrected chi connectivity index (χ2v) is 7.59. The third-order valence-electron chi connectivity index (χ3n) is 4.41. The predicted molar refractivity (Wildman–Crippen MR) is 114 cm³/mol. The van der Waals surface area contributed by atoms with Gasteiger partial charge in [-0.3, -0.25) is 9.59 Å². The highest BCUT2D eigenvalue weighted by Gasteiger charge is 2.25. The summed E-state index contributed by atoms with van der Waals surface area (Å²) in [5, 5.41) is 2.81. The number of amides is 2. The highest BCUT2D eigenvalue weighted by atomic mass is 32.2. The van der Waals surface area contributed by atoms with Gasteiger partial charge in [0.2, 0.25) is 11.8 Å². The fourth-order valence-corrected chi connectivity index (χ4v) is 3.48. The summed E-state index contributed by atoms with van der Waals surface area (Å²) in [4.78, 5) is 28.0. The smallest absolute Gasteiger partial charge is 0.242 e. The Morgan fingerprint density at radius 3 is 2.32 bits per heavy atom. The van der Waals surface area contributed by atoms with Gasteiger partial charge in [0.1, 0.15) is 11.8 Å². The highest BCUT2D eigenvalue weighted by molar-refractivity contribution is 8.00. The number of methoxy groups -OCH3 is 1. The second kappa shape index (κ2) is 10.8. The number of benzene rings is 2. The van der Waals surface area contributed by atoms with E-state index >= 15 is 0 Å². The van der Waals surface area contributed by atoms with Gasteiger partial charge in [-0.05, 0) is 50.6 Å². The summed E-state index contributed by atoms with van der Waals surface area (Å²) in [7, 11) is 1.62. The van der Waals surface area contributed by atoms with Crippen molar-refractivity contribution in [2.75, 3.05) is 19.4 Å². The first-order valence-electron chi connectivity index (χ1n) is 9.34. The van der Waals surface area contributed by atoms with Crippen LogP contribution in [0.15, 0.2) is 53.4 Å². The zero-order valence-corrected chi connectivity index (χ0v) is 17.7. The van der Waals surface area contributed by atoms with Gasteiger partial charge < -0.3 is 15.0 Å². The molecule has 0 spiro atoms. The second-order valence-electron chi connectivity index (χ2n) is 6.54. The lowest BCUT2D eigenvalue weighted by molar-refractivity contribution is -0.138. The Balaban J connectivity index is 2.11. The summed E-state index contributed by atoms with van der Waals surface area (Å²) in [5.41, 5.74) is 2.13. The van der Waals surface area contributed by atoms with Crippen LogP contribution in [0.3, 0.4) is 0 Å². The SMILES string of the molecule is CCNC(=O)[C@@H](C)N(Cc1ccc(OC)cc1)C(=O)CSc1ccc(C)cc1. The van der Waals surface area contributed by atoms with Crippen molar-refractivity contribution in [1.29, 1.82) is 0 Å². The third-order valence-corrected chi connectivity index (χ3v) is 5.41. The van der Waals surface area contributed by atoms with Crippen LogP contribution in [0.2, 0.25) is 0 Å². The van der Waals surface area contributed by atoms with Gasteiger partial charge in [0.15, 0.2) is 0 Å². The van der Waals surface area contributed by atoms with Crippen LogP contribution >= 0.6 is 11.8 Å². The third kappa shape index (κ3) is 6.30. The van der Waals surface area contributed by atoms with E-state index in [0.717, 1.165) is 16.2 Å². The van der Waals surface area contributed by atoms with Crippen LogP contribution in [-0.2, 0) is 16.1 Å². The minimum absolute atomic E-state index is 0.0693. The van der Waals surface area contributed by atoms with Gasteiger partial charge in [0.25, 0.3) is 0 Å². The molecule has 1 atom stereocenters. The molecule has 2 aromatic carbocycles. The number of hydrogen-bond acceptors (Lipinski definition) is 4. The number of carbonyl (C=O) groups excluding carboxylic acids is 2. The molecular weight excluding hydrogens is 372 g/mol. The number of carbonyl (C=O) groups is 2. The van der Waals surface area contributed by atoms with Gasteiger partial charge in [-0.15, -0.1) is 11.8 Å². The summed E-state index contributed by atoms with van der Waals surface area (Å²) in [6.45, 7) is 6.57. The lowest BCUT2D eigenvalue weighted by Crippen LogP contribution is -2.48. The molecule has 150 valence electrons. The number of ether oxygens (including phenoxy) is 1. The molecule has 2 rings (SSSR count). The van der Waals surface area contributed by atoms with E-state index in [4.69, 9.17) is 4.74 Å². The summed E-state index contributed by atoms with van der Waals surface area (Å²) in [6.07, 6.45) is 0. The number of nitrogens with one attached hydrogen (secondary N) is 1. The van der Waals surface area contributed by atoms with E-state index in [2.05, 4.69) is 5.32 Å². The van der Waals surface area contributed by atoms with Crippen molar-refractivity contribution in [3.8, 4) is 5.75 Å². The number of rotatable bonds is 9. The van der Waals surface area contributed by atoms with Gasteiger partial charge in [0, 0.05) is 18.0 Å². The van der Waals surface area contributed by atoms with E-state index in [1.165, 1.54) is 17.3 Å². The van der Waals surface area contributed by atoms with Crippen molar-refractivity contribution >= 4 is 23.6 Å². The van der Waals surface area contributed by atoms with Crippen molar-refractivity contribution in [2.45, 2.75) is 38.3 Å². The summed E-state index contributed by atoms with van der Waals surface area (Å²) < 4.78 is 5.19. The Morgan fingerprint density at radius 1 is 1.11 bits per heavy atom. The number of nitrogens with zero attached hydrogens (tertiary/aromatic N) is 1. The maximum atomic E-state index is 13.0. The fourth-order valence-electron chi connectivity index (χ4n) is 2.69. The van der Waals surface area contributed by atoms with E-state index in [1.54, 1.807) is 18.9 Å². The van der Waals surface area contributed by atoms with E-state index in [-0.39, 0.29) is 17.6 Å². The molecule has 0 aliphatic rings.